The molecule has 3 aromatic rings. The van der Waals surface area contributed by atoms with Gasteiger partial charge in [0.15, 0.2) is 16.0 Å². The highest BCUT2D eigenvalue weighted by Crippen LogP contribution is 2.35. The predicted octanol–water partition coefficient (Wildman–Crippen LogP) is 2.59. The van der Waals surface area contributed by atoms with Crippen LogP contribution in [0.5, 0.6) is 5.75 Å². The van der Waals surface area contributed by atoms with Crippen LogP contribution >= 0.6 is 27.5 Å². The number of hydrogen-bond acceptors (Lipinski definition) is 4. The number of rotatable bonds is 2. The van der Waals surface area contributed by atoms with Gasteiger partial charge < -0.3 is 14.6 Å². The van der Waals surface area contributed by atoms with Crippen LogP contribution in [0.2, 0.25) is 5.02 Å². The van der Waals surface area contributed by atoms with Crippen molar-refractivity contribution in [3.8, 4) is 5.75 Å². The zero-order valence-corrected chi connectivity index (χ0v) is 16.4. The fourth-order valence-corrected chi connectivity index (χ4v) is 4.05. The Hall–Kier alpha value is -2.39. The number of fused-ring (bicyclic) bond motifs is 3. The first-order valence-corrected chi connectivity index (χ1v) is 9.18. The first kappa shape index (κ1) is 18.0. The Bertz CT molecular complexity index is 1170. The molecule has 3 heterocycles. The molecule has 0 bridgehead atoms. The quantitative estimate of drug-likeness (QED) is 0.644. The standard InChI is InChI=1S/C17H13BrClFN4O3/c1-22-4-5-23-12-11(14(25)13(23)17(22)27)16(26)24(21-15(12)18)7-8-2-3-10(20)9(19)6-8/h2-3,6,25H,4-5,7H2,1H3. The van der Waals surface area contributed by atoms with Gasteiger partial charge in [-0.25, -0.2) is 9.07 Å². The van der Waals surface area contributed by atoms with Crippen LogP contribution in [0.25, 0.3) is 10.9 Å². The molecule has 0 aliphatic carbocycles. The largest absolute Gasteiger partial charge is 0.505 e. The highest BCUT2D eigenvalue weighted by Gasteiger charge is 2.32. The Morgan fingerprint density at radius 3 is 2.78 bits per heavy atom. The zero-order chi connectivity index (χ0) is 19.5. The van der Waals surface area contributed by atoms with Crippen molar-refractivity contribution in [2.75, 3.05) is 13.6 Å². The van der Waals surface area contributed by atoms with Gasteiger partial charge in [0.2, 0.25) is 0 Å². The third-order valence-electron chi connectivity index (χ3n) is 4.61. The van der Waals surface area contributed by atoms with Crippen molar-refractivity contribution in [2.45, 2.75) is 13.1 Å². The molecule has 0 fully saturated rings. The lowest BCUT2D eigenvalue weighted by molar-refractivity contribution is 0.0747. The Morgan fingerprint density at radius 1 is 1.33 bits per heavy atom. The average molecular weight is 456 g/mol. The van der Waals surface area contributed by atoms with Crippen LogP contribution in [-0.2, 0) is 13.1 Å². The van der Waals surface area contributed by atoms with Crippen molar-refractivity contribution in [2.24, 2.45) is 0 Å². The molecule has 10 heteroatoms. The summed E-state index contributed by atoms with van der Waals surface area (Å²) >= 11 is 9.13. The van der Waals surface area contributed by atoms with Gasteiger partial charge >= 0.3 is 0 Å². The van der Waals surface area contributed by atoms with Gasteiger partial charge in [0.1, 0.15) is 11.2 Å². The summed E-state index contributed by atoms with van der Waals surface area (Å²) in [6.07, 6.45) is 0. The van der Waals surface area contributed by atoms with E-state index in [2.05, 4.69) is 21.0 Å². The monoisotopic (exact) mass is 454 g/mol. The van der Waals surface area contributed by atoms with E-state index in [9.17, 15) is 19.1 Å². The molecule has 27 heavy (non-hydrogen) atoms. The number of carbonyl (C=O) groups excluding carboxylic acids is 1. The molecular weight excluding hydrogens is 443 g/mol. The van der Waals surface area contributed by atoms with Crippen molar-refractivity contribution < 1.29 is 14.3 Å². The molecule has 140 valence electrons. The molecule has 4 rings (SSSR count). The lowest BCUT2D eigenvalue weighted by atomic mass is 10.2. The number of aromatic hydroxyl groups is 1. The Labute approximate surface area is 165 Å². The SMILES string of the molecule is CN1CCn2c(c(O)c3c(=O)n(Cc4ccc(F)c(Cl)c4)nc(Br)c32)C1=O. The number of carbonyl (C=O) groups is 1. The highest BCUT2D eigenvalue weighted by molar-refractivity contribution is 9.10. The number of nitrogens with zero attached hydrogens (tertiary/aromatic N) is 4. The van der Waals surface area contributed by atoms with E-state index in [1.54, 1.807) is 11.6 Å². The van der Waals surface area contributed by atoms with Crippen LogP contribution in [0.4, 0.5) is 4.39 Å². The second-order valence-corrected chi connectivity index (χ2v) is 7.46. The van der Waals surface area contributed by atoms with Crippen molar-refractivity contribution in [3.63, 3.8) is 0 Å². The molecule has 7 nitrogen and oxygen atoms in total. The van der Waals surface area contributed by atoms with Crippen molar-refractivity contribution in [1.29, 1.82) is 0 Å². The fraction of sp³-hybridized carbons (Fsp3) is 0.235. The molecule has 2 aromatic heterocycles. The molecule has 0 atom stereocenters. The predicted molar refractivity (Wildman–Crippen MR) is 101 cm³/mol. The maximum atomic E-state index is 13.3. The van der Waals surface area contributed by atoms with Gasteiger partial charge in [0.25, 0.3) is 11.5 Å². The van der Waals surface area contributed by atoms with Crippen LogP contribution in [0.3, 0.4) is 0 Å². The average Bonchev–Trinajstić information content (AvgIpc) is 2.93. The highest BCUT2D eigenvalue weighted by atomic mass is 79.9. The maximum Gasteiger partial charge on any atom is 0.280 e. The van der Waals surface area contributed by atoms with Gasteiger partial charge in [-0.05, 0) is 33.6 Å². The van der Waals surface area contributed by atoms with Crippen LogP contribution < -0.4 is 5.56 Å². The minimum atomic E-state index is -0.558. The van der Waals surface area contributed by atoms with E-state index in [1.165, 1.54) is 23.1 Å². The summed E-state index contributed by atoms with van der Waals surface area (Å²) in [6, 6.07) is 4.11. The summed E-state index contributed by atoms with van der Waals surface area (Å²) in [4.78, 5) is 26.8. The zero-order valence-electron chi connectivity index (χ0n) is 14.0. The van der Waals surface area contributed by atoms with E-state index in [1.807, 2.05) is 0 Å². The van der Waals surface area contributed by atoms with E-state index in [0.29, 0.717) is 28.8 Å². The van der Waals surface area contributed by atoms with Gasteiger partial charge in [0, 0.05) is 20.1 Å². The van der Waals surface area contributed by atoms with Gasteiger partial charge in [-0.3, -0.25) is 9.59 Å². The van der Waals surface area contributed by atoms with Crippen LogP contribution in [0, 0.1) is 5.82 Å². The summed E-state index contributed by atoms with van der Waals surface area (Å²) in [5, 5.41) is 14.8. The number of halogens is 3. The van der Waals surface area contributed by atoms with Gasteiger partial charge in [0.05, 0.1) is 17.1 Å². The van der Waals surface area contributed by atoms with E-state index in [0.717, 1.165) is 4.68 Å². The number of aromatic nitrogens is 3. The fourth-order valence-electron chi connectivity index (χ4n) is 3.24. The molecule has 0 saturated heterocycles. The maximum absolute atomic E-state index is 13.3. The summed E-state index contributed by atoms with van der Waals surface area (Å²) in [5.74, 6) is -1.28. The summed E-state index contributed by atoms with van der Waals surface area (Å²) in [5.41, 5.74) is 0.466. The summed E-state index contributed by atoms with van der Waals surface area (Å²) in [7, 11) is 1.63. The molecule has 1 aliphatic heterocycles. The molecule has 0 spiro atoms. The van der Waals surface area contributed by atoms with Crippen LogP contribution in [0.15, 0.2) is 27.6 Å². The molecular formula is C17H13BrClFN4O3. The lowest BCUT2D eigenvalue weighted by Gasteiger charge is -2.24. The molecule has 1 amide bonds. The van der Waals surface area contributed by atoms with Crippen LogP contribution in [0.1, 0.15) is 16.1 Å². The second-order valence-electron chi connectivity index (χ2n) is 6.30. The molecule has 0 saturated carbocycles. The Balaban J connectivity index is 1.91. The van der Waals surface area contributed by atoms with Crippen molar-refractivity contribution in [1.82, 2.24) is 19.2 Å². The first-order chi connectivity index (χ1) is 12.8. The molecule has 1 N–H and O–H groups in total. The van der Waals surface area contributed by atoms with Crippen LogP contribution in [-0.4, -0.2) is 43.9 Å². The number of likely N-dealkylation sites (N-methyl/N-ethyl adjacent to an activating group) is 1. The van der Waals surface area contributed by atoms with Crippen molar-refractivity contribution >= 4 is 44.3 Å². The van der Waals surface area contributed by atoms with E-state index < -0.39 is 11.4 Å². The number of amides is 1. The van der Waals surface area contributed by atoms with E-state index >= 15 is 0 Å². The summed E-state index contributed by atoms with van der Waals surface area (Å²) in [6.45, 7) is 0.922. The third kappa shape index (κ3) is 2.72. The topological polar surface area (TPSA) is 80.4 Å². The Kier molecular flexibility index (Phi) is 4.23. The Morgan fingerprint density at radius 2 is 2.07 bits per heavy atom. The molecule has 0 unspecified atom stereocenters. The molecule has 0 radical (unpaired) electrons. The number of benzene rings is 1. The summed E-state index contributed by atoms with van der Waals surface area (Å²) < 4.78 is 16.4. The van der Waals surface area contributed by atoms with E-state index in [-0.39, 0.29) is 34.3 Å². The minimum Gasteiger partial charge on any atom is -0.505 e. The first-order valence-electron chi connectivity index (χ1n) is 8.00. The molecule has 1 aliphatic rings. The van der Waals surface area contributed by atoms with Gasteiger partial charge in [-0.1, -0.05) is 17.7 Å². The van der Waals surface area contributed by atoms with E-state index in [4.69, 9.17) is 11.6 Å². The smallest absolute Gasteiger partial charge is 0.280 e. The minimum absolute atomic E-state index is 0.0173. The third-order valence-corrected chi connectivity index (χ3v) is 5.44. The normalized spacial score (nSPS) is 14.1. The number of hydrogen-bond donors (Lipinski definition) is 1. The molecule has 1 aromatic carbocycles. The van der Waals surface area contributed by atoms with Crippen molar-refractivity contribution in [3.05, 3.63) is 55.3 Å². The lowest BCUT2D eigenvalue weighted by Crippen LogP contribution is -2.37. The van der Waals surface area contributed by atoms with Gasteiger partial charge in [-0.15, -0.1) is 0 Å². The second kappa shape index (κ2) is 6.35. The van der Waals surface area contributed by atoms with Gasteiger partial charge in [-0.2, -0.15) is 5.10 Å².